The van der Waals surface area contributed by atoms with Crippen LogP contribution in [0.5, 0.6) is 0 Å². The molecule has 7 heteroatoms. The lowest BCUT2D eigenvalue weighted by molar-refractivity contribution is -0.134. The number of halogens is 1. The standard InChI is InChI=1S/C14H19BrN4O2/c1-8-12(15)10(18(2)17-8)7-19-6-5-11(20)16-13(14(19)21)9-3-4-9/h9,13H,3-7H2,1-2H3,(H,16,20). The van der Waals surface area contributed by atoms with Crippen LogP contribution in [-0.4, -0.2) is 39.1 Å². The van der Waals surface area contributed by atoms with Gasteiger partial charge in [0.15, 0.2) is 0 Å². The van der Waals surface area contributed by atoms with Crippen LogP contribution in [0.15, 0.2) is 4.47 Å². The number of nitrogens with zero attached hydrogens (tertiary/aromatic N) is 3. The van der Waals surface area contributed by atoms with E-state index in [4.69, 9.17) is 0 Å². The molecule has 0 spiro atoms. The lowest BCUT2D eigenvalue weighted by Crippen LogP contribution is -2.46. The van der Waals surface area contributed by atoms with Crippen molar-refractivity contribution in [2.45, 2.75) is 38.8 Å². The number of aromatic nitrogens is 2. The Kier molecular flexibility index (Phi) is 3.77. The zero-order valence-corrected chi connectivity index (χ0v) is 13.8. The number of nitrogens with one attached hydrogen (secondary N) is 1. The predicted molar refractivity (Wildman–Crippen MR) is 80.3 cm³/mol. The summed E-state index contributed by atoms with van der Waals surface area (Å²) in [5.74, 6) is 0.330. The first-order valence-corrected chi connectivity index (χ1v) is 8.03. The van der Waals surface area contributed by atoms with E-state index in [2.05, 4.69) is 26.3 Å². The molecule has 114 valence electrons. The summed E-state index contributed by atoms with van der Waals surface area (Å²) < 4.78 is 2.73. The zero-order valence-electron chi connectivity index (χ0n) is 12.2. The van der Waals surface area contributed by atoms with Crippen molar-refractivity contribution in [3.63, 3.8) is 0 Å². The van der Waals surface area contributed by atoms with Crippen molar-refractivity contribution in [1.82, 2.24) is 20.0 Å². The molecular formula is C14H19BrN4O2. The van der Waals surface area contributed by atoms with E-state index < -0.39 is 0 Å². The molecule has 1 aromatic heterocycles. The Morgan fingerprint density at radius 3 is 2.67 bits per heavy atom. The van der Waals surface area contributed by atoms with E-state index in [1.54, 1.807) is 9.58 Å². The molecule has 21 heavy (non-hydrogen) atoms. The molecule has 1 aliphatic carbocycles. The number of carbonyl (C=O) groups excluding carboxylic acids is 2. The van der Waals surface area contributed by atoms with Crippen molar-refractivity contribution in [1.29, 1.82) is 0 Å². The van der Waals surface area contributed by atoms with Gasteiger partial charge in [0.2, 0.25) is 11.8 Å². The quantitative estimate of drug-likeness (QED) is 0.884. The van der Waals surface area contributed by atoms with Gasteiger partial charge in [0.1, 0.15) is 6.04 Å². The van der Waals surface area contributed by atoms with Crippen LogP contribution in [0.1, 0.15) is 30.7 Å². The number of amides is 2. The van der Waals surface area contributed by atoms with Gasteiger partial charge in [0.05, 0.1) is 22.4 Å². The number of rotatable bonds is 3. The largest absolute Gasteiger partial charge is 0.344 e. The van der Waals surface area contributed by atoms with E-state index in [9.17, 15) is 9.59 Å². The molecule has 1 N–H and O–H groups in total. The smallest absolute Gasteiger partial charge is 0.245 e. The molecule has 6 nitrogen and oxygen atoms in total. The molecule has 2 fully saturated rings. The van der Waals surface area contributed by atoms with Crippen LogP contribution in [0.4, 0.5) is 0 Å². The van der Waals surface area contributed by atoms with E-state index in [1.165, 1.54) is 0 Å². The van der Waals surface area contributed by atoms with Gasteiger partial charge in [-0.1, -0.05) is 0 Å². The van der Waals surface area contributed by atoms with Gasteiger partial charge in [0, 0.05) is 20.0 Å². The topological polar surface area (TPSA) is 67.2 Å². The molecule has 1 unspecified atom stereocenters. The molecule has 1 saturated carbocycles. The molecule has 3 rings (SSSR count). The molecule has 1 atom stereocenters. The second-order valence-electron chi connectivity index (χ2n) is 5.86. The first-order chi connectivity index (χ1) is 9.97. The van der Waals surface area contributed by atoms with Crippen molar-refractivity contribution in [2.24, 2.45) is 13.0 Å². The Balaban J connectivity index is 1.82. The molecule has 1 aromatic rings. The summed E-state index contributed by atoms with van der Waals surface area (Å²) in [6, 6.07) is -0.340. The third kappa shape index (κ3) is 2.84. The molecular weight excluding hydrogens is 336 g/mol. The maximum absolute atomic E-state index is 12.7. The first kappa shape index (κ1) is 14.6. The summed E-state index contributed by atoms with van der Waals surface area (Å²) in [5, 5.41) is 7.23. The van der Waals surface area contributed by atoms with E-state index in [0.29, 0.717) is 25.4 Å². The van der Waals surface area contributed by atoms with Gasteiger partial charge in [0.25, 0.3) is 0 Å². The lowest BCUT2D eigenvalue weighted by Gasteiger charge is -2.24. The summed E-state index contributed by atoms with van der Waals surface area (Å²) in [6.07, 6.45) is 2.42. The lowest BCUT2D eigenvalue weighted by atomic mass is 10.1. The highest BCUT2D eigenvalue weighted by atomic mass is 79.9. The van der Waals surface area contributed by atoms with Gasteiger partial charge < -0.3 is 10.2 Å². The van der Waals surface area contributed by atoms with Gasteiger partial charge >= 0.3 is 0 Å². The van der Waals surface area contributed by atoms with Crippen LogP contribution in [-0.2, 0) is 23.2 Å². The van der Waals surface area contributed by atoms with Crippen LogP contribution in [0.3, 0.4) is 0 Å². The third-order valence-electron chi connectivity index (χ3n) is 4.20. The van der Waals surface area contributed by atoms with Gasteiger partial charge in [-0.3, -0.25) is 14.3 Å². The van der Waals surface area contributed by atoms with E-state index >= 15 is 0 Å². The van der Waals surface area contributed by atoms with Crippen molar-refractivity contribution >= 4 is 27.7 Å². The fourth-order valence-electron chi connectivity index (χ4n) is 2.79. The van der Waals surface area contributed by atoms with Crippen molar-refractivity contribution in [3.05, 3.63) is 15.9 Å². The zero-order chi connectivity index (χ0) is 15.1. The normalized spacial score (nSPS) is 23.2. The molecule has 0 radical (unpaired) electrons. The monoisotopic (exact) mass is 354 g/mol. The van der Waals surface area contributed by atoms with Gasteiger partial charge in [-0.15, -0.1) is 0 Å². The Hall–Kier alpha value is -1.37. The number of carbonyl (C=O) groups is 2. The Labute approximate surface area is 132 Å². The average Bonchev–Trinajstić information content (AvgIpc) is 3.24. The Morgan fingerprint density at radius 2 is 2.10 bits per heavy atom. The molecule has 0 bridgehead atoms. The van der Waals surface area contributed by atoms with Gasteiger partial charge in [-0.2, -0.15) is 5.10 Å². The highest BCUT2D eigenvalue weighted by Crippen LogP contribution is 2.34. The summed E-state index contributed by atoms with van der Waals surface area (Å²) in [5.41, 5.74) is 1.87. The van der Waals surface area contributed by atoms with E-state index in [0.717, 1.165) is 28.7 Å². The first-order valence-electron chi connectivity index (χ1n) is 7.23. The van der Waals surface area contributed by atoms with Crippen LogP contribution in [0, 0.1) is 12.8 Å². The SMILES string of the molecule is Cc1nn(C)c(CN2CCC(=O)NC(C3CC3)C2=O)c1Br. The number of hydrogen-bond donors (Lipinski definition) is 1. The molecule has 2 aliphatic rings. The molecule has 0 aromatic carbocycles. The van der Waals surface area contributed by atoms with Crippen LogP contribution >= 0.6 is 15.9 Å². The van der Waals surface area contributed by atoms with E-state index in [-0.39, 0.29) is 17.9 Å². The van der Waals surface area contributed by atoms with Gasteiger partial charge in [-0.25, -0.2) is 0 Å². The average molecular weight is 355 g/mol. The Morgan fingerprint density at radius 1 is 1.38 bits per heavy atom. The number of hydrogen-bond acceptors (Lipinski definition) is 3. The molecule has 1 saturated heterocycles. The molecule has 2 amide bonds. The summed E-state index contributed by atoms with van der Waals surface area (Å²) >= 11 is 3.53. The predicted octanol–water partition coefficient (Wildman–Crippen LogP) is 1.12. The maximum Gasteiger partial charge on any atom is 0.245 e. The fourth-order valence-corrected chi connectivity index (χ4v) is 3.25. The minimum absolute atomic E-state index is 0.0250. The van der Waals surface area contributed by atoms with Crippen molar-refractivity contribution < 1.29 is 9.59 Å². The second kappa shape index (κ2) is 5.44. The maximum atomic E-state index is 12.7. The third-order valence-corrected chi connectivity index (χ3v) is 5.23. The minimum Gasteiger partial charge on any atom is -0.344 e. The fraction of sp³-hybridized carbons (Fsp3) is 0.643. The molecule has 1 aliphatic heterocycles. The highest BCUT2D eigenvalue weighted by molar-refractivity contribution is 9.10. The summed E-state index contributed by atoms with van der Waals surface area (Å²) in [4.78, 5) is 26.2. The van der Waals surface area contributed by atoms with Gasteiger partial charge in [-0.05, 0) is 41.6 Å². The minimum atomic E-state index is -0.340. The Bertz CT molecular complexity index is 594. The summed E-state index contributed by atoms with van der Waals surface area (Å²) in [7, 11) is 1.87. The van der Waals surface area contributed by atoms with Crippen molar-refractivity contribution in [2.75, 3.05) is 6.54 Å². The number of aryl methyl sites for hydroxylation is 2. The molecule has 2 heterocycles. The summed E-state index contributed by atoms with van der Waals surface area (Å²) in [6.45, 7) is 2.87. The van der Waals surface area contributed by atoms with Crippen LogP contribution in [0.2, 0.25) is 0 Å². The van der Waals surface area contributed by atoms with E-state index in [1.807, 2.05) is 14.0 Å². The highest BCUT2D eigenvalue weighted by Gasteiger charge is 2.41. The van der Waals surface area contributed by atoms with Crippen LogP contribution in [0.25, 0.3) is 0 Å². The van der Waals surface area contributed by atoms with Crippen LogP contribution < -0.4 is 5.32 Å². The van der Waals surface area contributed by atoms with Crippen molar-refractivity contribution in [3.8, 4) is 0 Å². The second-order valence-corrected chi connectivity index (χ2v) is 6.66.